The van der Waals surface area contributed by atoms with Crippen molar-refractivity contribution in [3.05, 3.63) is 60.0 Å². The Hall–Kier alpha value is -3.96. The van der Waals surface area contributed by atoms with Crippen molar-refractivity contribution < 1.29 is 52.6 Å². The maximum absolute atomic E-state index is 12.9. The van der Waals surface area contributed by atoms with Crippen molar-refractivity contribution in [1.82, 2.24) is 0 Å². The molecule has 0 heterocycles. The maximum atomic E-state index is 12.9. The van der Waals surface area contributed by atoms with E-state index >= 15 is 0 Å². The van der Waals surface area contributed by atoms with E-state index in [9.17, 15) is 14.7 Å². The van der Waals surface area contributed by atoms with Crippen LogP contribution in [0.1, 0.15) is 46.4 Å². The molecule has 2 aromatic rings. The molecule has 0 radical (unpaired) electrons. The van der Waals surface area contributed by atoms with E-state index in [1.165, 1.54) is 58.8 Å². The number of aliphatic hydroxyl groups is 1. The Balaban J connectivity index is 1.69. The summed E-state index contributed by atoms with van der Waals surface area (Å²) in [5, 5.41) is 9.54. The molecule has 1 aliphatic carbocycles. The molecule has 1 N–H and O–H groups in total. The van der Waals surface area contributed by atoms with E-state index in [1.54, 1.807) is 6.07 Å². The number of carbonyl (C=O) groups is 2. The quantitative estimate of drug-likeness (QED) is 0.243. The highest BCUT2D eigenvalue weighted by atomic mass is 16.8. The molecular weight excluding hydrogens is 500 g/mol. The average Bonchev–Trinajstić information content (AvgIpc) is 2.94. The number of rotatable bonds is 12. The predicted molar refractivity (Wildman–Crippen MR) is 133 cm³/mol. The van der Waals surface area contributed by atoms with Crippen LogP contribution in [-0.4, -0.2) is 64.2 Å². The summed E-state index contributed by atoms with van der Waals surface area (Å²) < 4.78 is 42.2. The van der Waals surface area contributed by atoms with Crippen LogP contribution in [0.2, 0.25) is 0 Å². The van der Waals surface area contributed by atoms with Gasteiger partial charge in [-0.25, -0.2) is 9.59 Å². The zero-order valence-corrected chi connectivity index (χ0v) is 21.8. The Morgan fingerprint density at radius 2 is 1.32 bits per heavy atom. The molecule has 1 fully saturated rings. The summed E-state index contributed by atoms with van der Waals surface area (Å²) in [4.78, 5) is 25.9. The predicted octanol–water partition coefficient (Wildman–Crippen LogP) is 3.83. The molecule has 0 spiro atoms. The van der Waals surface area contributed by atoms with Crippen molar-refractivity contribution in [1.29, 1.82) is 0 Å². The van der Waals surface area contributed by atoms with Crippen LogP contribution < -0.4 is 18.9 Å². The van der Waals surface area contributed by atoms with Crippen molar-refractivity contribution in [2.24, 2.45) is 0 Å². The van der Waals surface area contributed by atoms with Gasteiger partial charge >= 0.3 is 18.4 Å². The van der Waals surface area contributed by atoms with Crippen LogP contribution in [0.25, 0.3) is 0 Å². The summed E-state index contributed by atoms with van der Waals surface area (Å²) in [5.74, 6) is -0.130. The van der Waals surface area contributed by atoms with Crippen molar-refractivity contribution in [3.63, 3.8) is 0 Å². The standard InChI is InChI=1S/C27H32O11/c1-16(31-2)35-21-12-10-17(14-23(21)32-3)25(28)36-19-8-6-7-9-20(19)37-26(29)18-11-13-22(24(15-18)33-4)38-27(30)34-5/h10-15,19-20,27,30H,1,6-9H2,2-5H3. The normalized spacial score (nSPS) is 17.5. The number of benzene rings is 2. The number of methoxy groups -OCH3 is 4. The van der Waals surface area contributed by atoms with Gasteiger partial charge in [0.15, 0.2) is 23.0 Å². The van der Waals surface area contributed by atoms with Crippen molar-refractivity contribution in [2.75, 3.05) is 28.4 Å². The first-order valence-corrected chi connectivity index (χ1v) is 11.9. The van der Waals surface area contributed by atoms with Gasteiger partial charge < -0.3 is 43.0 Å². The third kappa shape index (κ3) is 7.30. The van der Waals surface area contributed by atoms with Crippen LogP contribution in [0, 0.1) is 0 Å². The van der Waals surface area contributed by atoms with Crippen molar-refractivity contribution in [2.45, 2.75) is 44.4 Å². The summed E-state index contributed by atoms with van der Waals surface area (Å²) in [6, 6.07) is 8.92. The fourth-order valence-corrected chi connectivity index (χ4v) is 3.84. The first-order valence-electron chi connectivity index (χ1n) is 11.9. The molecule has 1 saturated carbocycles. The Labute approximate surface area is 220 Å². The molecule has 11 heteroatoms. The second kappa shape index (κ2) is 13.5. The van der Waals surface area contributed by atoms with Gasteiger partial charge in [0.1, 0.15) is 12.2 Å². The number of hydrogen-bond acceptors (Lipinski definition) is 11. The summed E-state index contributed by atoms with van der Waals surface area (Å²) in [6.07, 6.45) is 1.46. The lowest BCUT2D eigenvalue weighted by atomic mass is 9.94. The molecule has 3 unspecified atom stereocenters. The number of carbonyl (C=O) groups excluding carboxylic acids is 2. The van der Waals surface area contributed by atoms with E-state index in [4.69, 9.17) is 33.2 Å². The van der Waals surface area contributed by atoms with Crippen LogP contribution in [0.5, 0.6) is 23.0 Å². The minimum absolute atomic E-state index is 0.0674. The fraction of sp³-hybridized carbons (Fsp3) is 0.407. The third-order valence-electron chi connectivity index (χ3n) is 5.84. The number of ether oxygens (including phenoxy) is 8. The Morgan fingerprint density at radius 3 is 1.79 bits per heavy atom. The van der Waals surface area contributed by atoms with Gasteiger partial charge in [0.05, 0.1) is 32.5 Å². The highest BCUT2D eigenvalue weighted by molar-refractivity contribution is 5.91. The second-order valence-electron chi connectivity index (χ2n) is 8.24. The van der Waals surface area contributed by atoms with Crippen LogP contribution in [0.3, 0.4) is 0 Å². The van der Waals surface area contributed by atoms with Crippen LogP contribution >= 0.6 is 0 Å². The van der Waals surface area contributed by atoms with Gasteiger partial charge in [-0.15, -0.1) is 0 Å². The van der Waals surface area contributed by atoms with Gasteiger partial charge in [0, 0.05) is 7.11 Å². The topological polar surface area (TPSA) is 128 Å². The van der Waals surface area contributed by atoms with Gasteiger partial charge in [-0.3, -0.25) is 0 Å². The summed E-state index contributed by atoms with van der Waals surface area (Å²) in [6.45, 7) is 2.11. The number of aliphatic hydroxyl groups excluding tert-OH is 1. The van der Waals surface area contributed by atoms with E-state index in [0.29, 0.717) is 24.3 Å². The van der Waals surface area contributed by atoms with E-state index < -0.39 is 30.6 Å². The van der Waals surface area contributed by atoms with E-state index in [2.05, 4.69) is 11.3 Å². The molecule has 38 heavy (non-hydrogen) atoms. The average molecular weight is 533 g/mol. The molecule has 0 saturated heterocycles. The van der Waals surface area contributed by atoms with Gasteiger partial charge in [-0.1, -0.05) is 0 Å². The van der Waals surface area contributed by atoms with Crippen LogP contribution in [0.15, 0.2) is 48.9 Å². The Bertz CT molecular complexity index is 1130. The monoisotopic (exact) mass is 532 g/mol. The molecule has 0 amide bonds. The molecular formula is C27H32O11. The molecule has 1 aliphatic rings. The first-order chi connectivity index (χ1) is 18.3. The highest BCUT2D eigenvalue weighted by Gasteiger charge is 2.32. The SMILES string of the molecule is C=C(OC)Oc1ccc(C(=O)OC2CCCCC2OC(=O)c2ccc(OC(O)OC)c(OC)c2)cc1OC. The first kappa shape index (κ1) is 28.6. The lowest BCUT2D eigenvalue weighted by molar-refractivity contribution is -0.200. The van der Waals surface area contributed by atoms with Gasteiger partial charge in [-0.2, -0.15) is 0 Å². The van der Waals surface area contributed by atoms with E-state index in [-0.39, 0.29) is 28.6 Å². The van der Waals surface area contributed by atoms with Gasteiger partial charge in [0.2, 0.25) is 0 Å². The second-order valence-corrected chi connectivity index (χ2v) is 8.24. The molecule has 206 valence electrons. The van der Waals surface area contributed by atoms with Gasteiger partial charge in [-0.05, 0) is 68.7 Å². The molecule has 3 rings (SSSR count). The zero-order valence-electron chi connectivity index (χ0n) is 21.8. The highest BCUT2D eigenvalue weighted by Crippen LogP contribution is 2.32. The Kier molecular flexibility index (Phi) is 10.2. The van der Waals surface area contributed by atoms with Gasteiger partial charge in [0.25, 0.3) is 5.95 Å². The minimum atomic E-state index is -1.49. The molecule has 0 aromatic heterocycles. The summed E-state index contributed by atoms with van der Waals surface area (Å²) in [7, 11) is 5.53. The zero-order chi connectivity index (χ0) is 27.7. The number of esters is 2. The van der Waals surface area contributed by atoms with Crippen molar-refractivity contribution in [3.8, 4) is 23.0 Å². The maximum Gasteiger partial charge on any atom is 0.338 e. The lowest BCUT2D eigenvalue weighted by Gasteiger charge is -2.30. The third-order valence-corrected chi connectivity index (χ3v) is 5.84. The Morgan fingerprint density at radius 1 is 0.816 bits per heavy atom. The fourth-order valence-electron chi connectivity index (χ4n) is 3.84. The summed E-state index contributed by atoms with van der Waals surface area (Å²) in [5.41, 5.74) is 0.446. The molecule has 3 atom stereocenters. The smallest absolute Gasteiger partial charge is 0.338 e. The van der Waals surface area contributed by atoms with E-state index in [0.717, 1.165) is 12.8 Å². The molecule has 11 nitrogen and oxygen atoms in total. The summed E-state index contributed by atoms with van der Waals surface area (Å²) >= 11 is 0. The molecule has 0 bridgehead atoms. The lowest BCUT2D eigenvalue weighted by Crippen LogP contribution is -2.37. The van der Waals surface area contributed by atoms with Crippen LogP contribution in [0.4, 0.5) is 0 Å². The van der Waals surface area contributed by atoms with Crippen molar-refractivity contribution >= 4 is 11.9 Å². The van der Waals surface area contributed by atoms with Crippen LogP contribution in [-0.2, 0) is 18.9 Å². The number of hydrogen-bond donors (Lipinski definition) is 1. The minimum Gasteiger partial charge on any atom is -0.493 e. The molecule has 0 aliphatic heterocycles. The largest absolute Gasteiger partial charge is 0.493 e. The molecule has 2 aromatic carbocycles. The van der Waals surface area contributed by atoms with E-state index in [1.807, 2.05) is 0 Å².